The molecule has 0 saturated heterocycles. The van der Waals surface area contributed by atoms with E-state index in [-0.39, 0.29) is 12.6 Å². The molecule has 134 valence electrons. The number of rotatable bonds is 6. The van der Waals surface area contributed by atoms with Gasteiger partial charge in [0.05, 0.1) is 12.3 Å². The number of anilines is 3. The van der Waals surface area contributed by atoms with Gasteiger partial charge in [-0.05, 0) is 43.7 Å². The van der Waals surface area contributed by atoms with Gasteiger partial charge in [-0.2, -0.15) is 4.98 Å². The lowest BCUT2D eigenvalue weighted by Gasteiger charge is -2.14. The zero-order chi connectivity index (χ0) is 18.5. The Kier molecular flexibility index (Phi) is 5.65. The van der Waals surface area contributed by atoms with Gasteiger partial charge in [0.2, 0.25) is 5.95 Å². The summed E-state index contributed by atoms with van der Waals surface area (Å²) < 4.78 is 0. The van der Waals surface area contributed by atoms with Crippen molar-refractivity contribution in [3.05, 3.63) is 59.4 Å². The van der Waals surface area contributed by atoms with Crippen molar-refractivity contribution < 1.29 is 5.11 Å². The molecule has 0 bridgehead atoms. The summed E-state index contributed by atoms with van der Waals surface area (Å²) >= 11 is 6.21. The van der Waals surface area contributed by atoms with Crippen LogP contribution in [0.1, 0.15) is 12.5 Å². The Balaban J connectivity index is 1.97. The number of aliphatic hydroxyl groups excluding tert-OH is 1. The molecule has 3 aromatic rings. The Morgan fingerprint density at radius 2 is 1.88 bits per heavy atom. The topological polar surface area (TPSA) is 83.0 Å². The van der Waals surface area contributed by atoms with Crippen LogP contribution in [0.25, 0.3) is 11.3 Å². The first-order valence-corrected chi connectivity index (χ1v) is 8.63. The van der Waals surface area contributed by atoms with Gasteiger partial charge in [0.1, 0.15) is 5.82 Å². The van der Waals surface area contributed by atoms with Crippen LogP contribution < -0.4 is 10.6 Å². The molecule has 6 nitrogen and oxygen atoms in total. The maximum Gasteiger partial charge on any atom is 0.225 e. The number of nitrogens with zero attached hydrogens (tertiary/aromatic N) is 3. The molecule has 3 rings (SSSR count). The van der Waals surface area contributed by atoms with Gasteiger partial charge in [-0.1, -0.05) is 17.7 Å². The summed E-state index contributed by atoms with van der Waals surface area (Å²) in [4.78, 5) is 13.1. The summed E-state index contributed by atoms with van der Waals surface area (Å²) in [6.45, 7) is 3.80. The van der Waals surface area contributed by atoms with Crippen LogP contribution in [0.3, 0.4) is 0 Å². The molecule has 2 aromatic heterocycles. The molecule has 3 N–H and O–H groups in total. The second-order valence-electron chi connectivity index (χ2n) is 6.01. The lowest BCUT2D eigenvalue weighted by atomic mass is 10.2. The van der Waals surface area contributed by atoms with E-state index in [2.05, 4.69) is 25.6 Å². The predicted molar refractivity (Wildman–Crippen MR) is 105 cm³/mol. The van der Waals surface area contributed by atoms with Gasteiger partial charge in [-0.15, -0.1) is 0 Å². The SMILES string of the molecule is Cc1ccc(Nc2cc(-c3ccncc3)nc(N[C@H](C)CO)n2)cc1Cl. The molecule has 7 heteroatoms. The van der Waals surface area contributed by atoms with E-state index in [1.807, 2.05) is 50.2 Å². The maximum absolute atomic E-state index is 9.29. The average molecular weight is 370 g/mol. The van der Waals surface area contributed by atoms with Crippen molar-refractivity contribution in [2.24, 2.45) is 0 Å². The molecule has 2 heterocycles. The normalized spacial score (nSPS) is 11.8. The molecule has 0 aliphatic heterocycles. The number of aliphatic hydroxyl groups is 1. The third-order valence-electron chi connectivity index (χ3n) is 3.80. The third kappa shape index (κ3) is 4.47. The molecule has 0 aliphatic rings. The van der Waals surface area contributed by atoms with Crippen LogP contribution in [0.2, 0.25) is 5.02 Å². The Morgan fingerprint density at radius 3 is 2.58 bits per heavy atom. The summed E-state index contributed by atoms with van der Waals surface area (Å²) in [7, 11) is 0. The Labute approximate surface area is 157 Å². The maximum atomic E-state index is 9.29. The predicted octanol–water partition coefficient (Wildman–Crippen LogP) is 4.04. The van der Waals surface area contributed by atoms with Gasteiger partial charge < -0.3 is 15.7 Å². The van der Waals surface area contributed by atoms with E-state index in [9.17, 15) is 5.11 Å². The Hall–Kier alpha value is -2.70. The van der Waals surface area contributed by atoms with Crippen LogP contribution in [0.15, 0.2) is 48.8 Å². The molecule has 0 aliphatic carbocycles. The van der Waals surface area contributed by atoms with Crippen LogP contribution in [-0.2, 0) is 0 Å². The van der Waals surface area contributed by atoms with Crippen LogP contribution in [-0.4, -0.2) is 32.7 Å². The van der Waals surface area contributed by atoms with E-state index in [1.165, 1.54) is 0 Å². The van der Waals surface area contributed by atoms with Gasteiger partial charge in [0.15, 0.2) is 0 Å². The number of halogens is 1. The van der Waals surface area contributed by atoms with Gasteiger partial charge in [-0.25, -0.2) is 4.98 Å². The zero-order valence-corrected chi connectivity index (χ0v) is 15.3. The summed E-state index contributed by atoms with van der Waals surface area (Å²) in [5.74, 6) is 1.06. The standard InChI is InChI=1S/C19H20ClN5O/c1-12-3-4-15(9-16(12)20)23-18-10-17(14-5-7-21-8-6-14)24-19(25-18)22-13(2)11-26/h3-10,13,26H,11H2,1-2H3,(H2,22,23,24,25)/t13-/m1/s1. The summed E-state index contributed by atoms with van der Waals surface area (Å²) in [6, 6.07) is 11.2. The number of hydrogen-bond donors (Lipinski definition) is 3. The van der Waals surface area contributed by atoms with Gasteiger partial charge in [0.25, 0.3) is 0 Å². The molecule has 26 heavy (non-hydrogen) atoms. The van der Waals surface area contributed by atoms with Crippen LogP contribution in [0.5, 0.6) is 0 Å². The van der Waals surface area contributed by atoms with E-state index in [1.54, 1.807) is 12.4 Å². The molecular formula is C19H20ClN5O. The van der Waals surface area contributed by atoms with Crippen LogP contribution in [0, 0.1) is 6.92 Å². The van der Waals surface area contributed by atoms with Crippen molar-refractivity contribution >= 4 is 29.1 Å². The number of pyridine rings is 1. The first kappa shape index (κ1) is 18.1. The lowest BCUT2D eigenvalue weighted by molar-refractivity contribution is 0.281. The molecular weight excluding hydrogens is 350 g/mol. The number of benzene rings is 1. The van der Waals surface area contributed by atoms with Gasteiger partial charge >= 0.3 is 0 Å². The quantitative estimate of drug-likeness (QED) is 0.608. The lowest BCUT2D eigenvalue weighted by Crippen LogP contribution is -2.21. The number of aryl methyl sites for hydroxylation is 1. The number of nitrogens with one attached hydrogen (secondary N) is 2. The fourth-order valence-electron chi connectivity index (χ4n) is 2.33. The number of hydrogen-bond acceptors (Lipinski definition) is 6. The molecule has 0 saturated carbocycles. The largest absolute Gasteiger partial charge is 0.394 e. The summed E-state index contributed by atoms with van der Waals surface area (Å²) in [5.41, 5.74) is 3.51. The highest BCUT2D eigenvalue weighted by atomic mass is 35.5. The smallest absolute Gasteiger partial charge is 0.225 e. The van der Waals surface area contributed by atoms with Gasteiger partial charge in [0, 0.05) is 40.8 Å². The third-order valence-corrected chi connectivity index (χ3v) is 4.20. The van der Waals surface area contributed by atoms with E-state index >= 15 is 0 Å². The molecule has 0 fully saturated rings. The van der Waals surface area contributed by atoms with Crippen molar-refractivity contribution in [3.8, 4) is 11.3 Å². The van der Waals surface area contributed by atoms with Crippen molar-refractivity contribution in [2.75, 3.05) is 17.2 Å². The molecule has 0 spiro atoms. The highest BCUT2D eigenvalue weighted by Crippen LogP contribution is 2.26. The second-order valence-corrected chi connectivity index (χ2v) is 6.42. The van der Waals surface area contributed by atoms with Crippen molar-refractivity contribution in [2.45, 2.75) is 19.9 Å². The van der Waals surface area contributed by atoms with Crippen molar-refractivity contribution in [3.63, 3.8) is 0 Å². The van der Waals surface area contributed by atoms with E-state index in [0.717, 1.165) is 22.5 Å². The first-order chi connectivity index (χ1) is 12.5. The summed E-state index contributed by atoms with van der Waals surface area (Å²) in [5, 5.41) is 16.3. The van der Waals surface area contributed by atoms with Gasteiger partial charge in [-0.3, -0.25) is 4.98 Å². The minimum absolute atomic E-state index is 0.0147. The molecule has 1 atom stereocenters. The average Bonchev–Trinajstić information content (AvgIpc) is 2.65. The molecule has 1 aromatic carbocycles. The Morgan fingerprint density at radius 1 is 1.12 bits per heavy atom. The molecule has 0 unspecified atom stereocenters. The summed E-state index contributed by atoms with van der Waals surface area (Å²) in [6.07, 6.45) is 3.43. The first-order valence-electron chi connectivity index (χ1n) is 8.25. The van der Waals surface area contributed by atoms with Crippen molar-refractivity contribution in [1.29, 1.82) is 0 Å². The van der Waals surface area contributed by atoms with E-state index in [4.69, 9.17) is 11.6 Å². The van der Waals surface area contributed by atoms with E-state index < -0.39 is 0 Å². The number of aromatic nitrogens is 3. The monoisotopic (exact) mass is 369 g/mol. The fourth-order valence-corrected chi connectivity index (χ4v) is 2.51. The second kappa shape index (κ2) is 8.12. The highest BCUT2D eigenvalue weighted by Gasteiger charge is 2.10. The Bertz CT molecular complexity index is 888. The van der Waals surface area contributed by atoms with E-state index in [0.29, 0.717) is 16.8 Å². The van der Waals surface area contributed by atoms with Crippen LogP contribution >= 0.6 is 11.6 Å². The minimum Gasteiger partial charge on any atom is -0.394 e. The molecule has 0 radical (unpaired) electrons. The van der Waals surface area contributed by atoms with Crippen LogP contribution in [0.4, 0.5) is 17.5 Å². The highest BCUT2D eigenvalue weighted by molar-refractivity contribution is 6.31. The molecule has 0 amide bonds. The zero-order valence-electron chi connectivity index (χ0n) is 14.6. The fraction of sp³-hybridized carbons (Fsp3) is 0.211. The van der Waals surface area contributed by atoms with Crippen molar-refractivity contribution in [1.82, 2.24) is 15.0 Å². The minimum atomic E-state index is -0.163.